The summed E-state index contributed by atoms with van der Waals surface area (Å²) >= 11 is 0. The Morgan fingerprint density at radius 2 is 2.05 bits per heavy atom. The first-order valence-corrected chi connectivity index (χ1v) is 7.84. The van der Waals surface area contributed by atoms with E-state index in [-0.39, 0.29) is 0 Å². The van der Waals surface area contributed by atoms with Crippen molar-refractivity contribution in [3.8, 4) is 5.75 Å². The molecule has 2 rings (SSSR count). The van der Waals surface area contributed by atoms with Gasteiger partial charge in [-0.05, 0) is 38.2 Å². The van der Waals surface area contributed by atoms with E-state index >= 15 is 0 Å². The minimum Gasteiger partial charge on any atom is -0.496 e. The maximum Gasteiger partial charge on any atom is 0.123 e. The SMILES string of the molecule is COc1ccc(C)cc1C(C)NC1CCCCC1(C)C. The van der Waals surface area contributed by atoms with Gasteiger partial charge in [0, 0.05) is 17.6 Å². The van der Waals surface area contributed by atoms with Gasteiger partial charge in [0.05, 0.1) is 7.11 Å². The van der Waals surface area contributed by atoms with Crippen LogP contribution < -0.4 is 10.1 Å². The number of rotatable bonds is 4. The summed E-state index contributed by atoms with van der Waals surface area (Å²) in [7, 11) is 1.76. The summed E-state index contributed by atoms with van der Waals surface area (Å²) in [6.07, 6.45) is 5.32. The fourth-order valence-electron chi connectivity index (χ4n) is 3.39. The van der Waals surface area contributed by atoms with E-state index in [1.54, 1.807) is 7.11 Å². The van der Waals surface area contributed by atoms with Crippen LogP contribution in [0, 0.1) is 12.3 Å². The highest BCUT2D eigenvalue weighted by atomic mass is 16.5. The minimum atomic E-state index is 0.326. The fourth-order valence-corrected chi connectivity index (χ4v) is 3.39. The smallest absolute Gasteiger partial charge is 0.123 e. The van der Waals surface area contributed by atoms with Crippen molar-refractivity contribution in [2.24, 2.45) is 5.41 Å². The molecule has 1 aliphatic rings. The first kappa shape index (κ1) is 15.4. The number of methoxy groups -OCH3 is 1. The van der Waals surface area contributed by atoms with Crippen LogP contribution in [0.5, 0.6) is 5.75 Å². The van der Waals surface area contributed by atoms with Crippen molar-refractivity contribution in [2.45, 2.75) is 65.5 Å². The molecule has 0 radical (unpaired) electrons. The Hall–Kier alpha value is -1.02. The molecule has 0 aliphatic heterocycles. The molecule has 1 aliphatic carbocycles. The lowest BCUT2D eigenvalue weighted by Crippen LogP contribution is -2.45. The van der Waals surface area contributed by atoms with Crippen molar-refractivity contribution < 1.29 is 4.74 Å². The summed E-state index contributed by atoms with van der Waals surface area (Å²) in [6.45, 7) is 9.18. The monoisotopic (exact) mass is 275 g/mol. The molecule has 1 aromatic rings. The van der Waals surface area contributed by atoms with Crippen LogP contribution in [0.3, 0.4) is 0 Å². The van der Waals surface area contributed by atoms with E-state index in [1.165, 1.54) is 36.8 Å². The molecular weight excluding hydrogens is 246 g/mol. The van der Waals surface area contributed by atoms with Crippen molar-refractivity contribution >= 4 is 0 Å². The topological polar surface area (TPSA) is 21.3 Å². The Morgan fingerprint density at radius 3 is 2.70 bits per heavy atom. The molecule has 0 aromatic heterocycles. The Balaban J connectivity index is 2.15. The molecule has 1 fully saturated rings. The van der Waals surface area contributed by atoms with Crippen LogP contribution in [0.4, 0.5) is 0 Å². The molecule has 1 aromatic carbocycles. The third-order valence-electron chi connectivity index (χ3n) is 4.81. The van der Waals surface area contributed by atoms with Crippen LogP contribution in [0.15, 0.2) is 18.2 Å². The van der Waals surface area contributed by atoms with Crippen molar-refractivity contribution in [3.05, 3.63) is 29.3 Å². The Kier molecular flexibility index (Phi) is 4.74. The molecule has 0 bridgehead atoms. The van der Waals surface area contributed by atoms with Gasteiger partial charge in [0.2, 0.25) is 0 Å². The molecule has 2 nitrogen and oxygen atoms in total. The quantitative estimate of drug-likeness (QED) is 0.865. The molecule has 2 heteroatoms. The molecular formula is C18H29NO. The van der Waals surface area contributed by atoms with Gasteiger partial charge in [-0.25, -0.2) is 0 Å². The lowest BCUT2D eigenvalue weighted by molar-refractivity contribution is 0.157. The first-order valence-electron chi connectivity index (χ1n) is 7.84. The van der Waals surface area contributed by atoms with Crippen LogP contribution in [-0.2, 0) is 0 Å². The number of aryl methyl sites for hydroxylation is 1. The van der Waals surface area contributed by atoms with Gasteiger partial charge in [-0.15, -0.1) is 0 Å². The normalized spacial score (nSPS) is 23.4. The standard InChI is InChI=1S/C18H29NO/c1-13-9-10-16(20-5)15(12-13)14(2)19-17-8-6-7-11-18(17,3)4/h9-10,12,14,17,19H,6-8,11H2,1-5H3. The van der Waals surface area contributed by atoms with Gasteiger partial charge >= 0.3 is 0 Å². The summed E-state index contributed by atoms with van der Waals surface area (Å²) in [6, 6.07) is 7.35. The molecule has 112 valence electrons. The average Bonchev–Trinajstić information content (AvgIpc) is 2.41. The highest BCUT2D eigenvalue weighted by Crippen LogP contribution is 2.37. The number of benzene rings is 1. The molecule has 1 saturated carbocycles. The lowest BCUT2D eigenvalue weighted by Gasteiger charge is -2.41. The third kappa shape index (κ3) is 3.35. The van der Waals surface area contributed by atoms with E-state index in [1.807, 2.05) is 0 Å². The van der Waals surface area contributed by atoms with Gasteiger partial charge in [0.25, 0.3) is 0 Å². The predicted octanol–water partition coefficient (Wildman–Crippen LogP) is 4.62. The average molecular weight is 275 g/mol. The van der Waals surface area contributed by atoms with E-state index in [0.29, 0.717) is 17.5 Å². The second-order valence-corrected chi connectivity index (χ2v) is 6.92. The number of nitrogens with one attached hydrogen (secondary N) is 1. The molecule has 2 atom stereocenters. The van der Waals surface area contributed by atoms with Crippen molar-refractivity contribution in [2.75, 3.05) is 7.11 Å². The lowest BCUT2D eigenvalue weighted by atomic mass is 9.73. The highest BCUT2D eigenvalue weighted by molar-refractivity contribution is 5.39. The molecule has 20 heavy (non-hydrogen) atoms. The van der Waals surface area contributed by atoms with E-state index in [2.05, 4.69) is 51.2 Å². The zero-order valence-corrected chi connectivity index (χ0v) is 13.6. The number of ether oxygens (including phenoxy) is 1. The summed E-state index contributed by atoms with van der Waals surface area (Å²) < 4.78 is 5.52. The van der Waals surface area contributed by atoms with E-state index in [0.717, 1.165) is 5.75 Å². The summed E-state index contributed by atoms with van der Waals surface area (Å²) in [5.74, 6) is 0.990. The molecule has 0 saturated heterocycles. The van der Waals surface area contributed by atoms with Gasteiger partial charge < -0.3 is 10.1 Å². The zero-order valence-electron chi connectivity index (χ0n) is 13.6. The minimum absolute atomic E-state index is 0.326. The van der Waals surface area contributed by atoms with Gasteiger partial charge in [-0.3, -0.25) is 0 Å². The van der Waals surface area contributed by atoms with Crippen LogP contribution >= 0.6 is 0 Å². The Morgan fingerprint density at radius 1 is 1.30 bits per heavy atom. The van der Waals surface area contributed by atoms with Gasteiger partial charge in [-0.1, -0.05) is 44.4 Å². The summed E-state index contributed by atoms with van der Waals surface area (Å²) in [5, 5.41) is 3.85. The summed E-state index contributed by atoms with van der Waals surface area (Å²) in [5.41, 5.74) is 2.95. The number of hydrogen-bond acceptors (Lipinski definition) is 2. The predicted molar refractivity (Wildman–Crippen MR) is 85.3 cm³/mol. The van der Waals surface area contributed by atoms with Crippen LogP contribution in [0.1, 0.15) is 63.6 Å². The number of hydrogen-bond donors (Lipinski definition) is 1. The maximum absolute atomic E-state index is 5.52. The van der Waals surface area contributed by atoms with E-state index in [9.17, 15) is 0 Å². The largest absolute Gasteiger partial charge is 0.496 e. The van der Waals surface area contributed by atoms with Crippen molar-refractivity contribution in [1.29, 1.82) is 0 Å². The van der Waals surface area contributed by atoms with E-state index < -0.39 is 0 Å². The molecule has 0 spiro atoms. The first-order chi connectivity index (χ1) is 9.44. The van der Waals surface area contributed by atoms with E-state index in [4.69, 9.17) is 4.74 Å². The molecule has 0 heterocycles. The van der Waals surface area contributed by atoms with Gasteiger partial charge in [0.15, 0.2) is 0 Å². The summed E-state index contributed by atoms with van der Waals surface area (Å²) in [4.78, 5) is 0. The van der Waals surface area contributed by atoms with Crippen LogP contribution in [-0.4, -0.2) is 13.2 Å². The second kappa shape index (κ2) is 6.17. The molecule has 0 amide bonds. The Labute approximate surface area is 123 Å². The zero-order chi connectivity index (χ0) is 14.8. The fraction of sp³-hybridized carbons (Fsp3) is 0.667. The van der Waals surface area contributed by atoms with Crippen molar-refractivity contribution in [3.63, 3.8) is 0 Å². The third-order valence-corrected chi connectivity index (χ3v) is 4.81. The molecule has 2 unspecified atom stereocenters. The highest BCUT2D eigenvalue weighted by Gasteiger charge is 2.33. The Bertz CT molecular complexity index is 453. The van der Waals surface area contributed by atoms with Crippen LogP contribution in [0.2, 0.25) is 0 Å². The van der Waals surface area contributed by atoms with Crippen molar-refractivity contribution in [1.82, 2.24) is 5.32 Å². The maximum atomic E-state index is 5.52. The van der Waals surface area contributed by atoms with Gasteiger partial charge in [0.1, 0.15) is 5.75 Å². The van der Waals surface area contributed by atoms with Gasteiger partial charge in [-0.2, -0.15) is 0 Å². The second-order valence-electron chi connectivity index (χ2n) is 6.92. The molecule has 1 N–H and O–H groups in total. The van der Waals surface area contributed by atoms with Crippen LogP contribution in [0.25, 0.3) is 0 Å².